The van der Waals surface area contributed by atoms with Crippen molar-refractivity contribution in [2.75, 3.05) is 44.7 Å². The molecule has 2 N–H and O–H groups in total. The minimum atomic E-state index is -0.0835. The maximum Gasteiger partial charge on any atom is 0.255 e. The van der Waals surface area contributed by atoms with Crippen molar-refractivity contribution in [1.29, 1.82) is 0 Å². The maximum atomic E-state index is 12.4. The van der Waals surface area contributed by atoms with E-state index in [-0.39, 0.29) is 11.9 Å². The average molecular weight is 292 g/mol. The Labute approximate surface area is 125 Å². The lowest BCUT2D eigenvalue weighted by Crippen LogP contribution is -2.46. The molecule has 0 spiro atoms. The van der Waals surface area contributed by atoms with Gasteiger partial charge in [-0.05, 0) is 19.9 Å². The van der Waals surface area contributed by atoms with Gasteiger partial charge in [0.25, 0.3) is 5.91 Å². The van der Waals surface area contributed by atoms with Gasteiger partial charge in [0.05, 0.1) is 24.5 Å². The van der Waals surface area contributed by atoms with Crippen molar-refractivity contribution in [2.24, 2.45) is 0 Å². The predicted molar refractivity (Wildman–Crippen MR) is 82.6 cm³/mol. The lowest BCUT2D eigenvalue weighted by Gasteiger charge is -2.29. The van der Waals surface area contributed by atoms with Gasteiger partial charge < -0.3 is 15.4 Å². The molecule has 6 heteroatoms. The van der Waals surface area contributed by atoms with Crippen molar-refractivity contribution in [1.82, 2.24) is 15.2 Å². The van der Waals surface area contributed by atoms with Crippen LogP contribution in [0.25, 0.3) is 0 Å². The van der Waals surface area contributed by atoms with Gasteiger partial charge in [0.1, 0.15) is 0 Å². The van der Waals surface area contributed by atoms with E-state index in [1.807, 2.05) is 19.9 Å². The van der Waals surface area contributed by atoms with E-state index in [0.29, 0.717) is 5.56 Å². The molecule has 116 valence electrons. The monoisotopic (exact) mass is 292 g/mol. The number of aromatic nitrogens is 1. The number of nitrogens with zero attached hydrogens (tertiary/aromatic N) is 2. The molecule has 0 radical (unpaired) electrons. The van der Waals surface area contributed by atoms with E-state index < -0.39 is 0 Å². The van der Waals surface area contributed by atoms with Crippen LogP contribution >= 0.6 is 0 Å². The fourth-order valence-electron chi connectivity index (χ4n) is 2.44. The highest BCUT2D eigenvalue weighted by Gasteiger charge is 2.17. The Morgan fingerprint density at radius 2 is 2.24 bits per heavy atom. The molecule has 2 rings (SSSR count). The van der Waals surface area contributed by atoms with Gasteiger partial charge in [0.15, 0.2) is 0 Å². The molecule has 1 aromatic heterocycles. The molecule has 1 fully saturated rings. The van der Waals surface area contributed by atoms with E-state index in [1.54, 1.807) is 12.4 Å². The number of carbonyl (C=O) groups is 1. The average Bonchev–Trinajstić information content (AvgIpc) is 2.49. The number of carbonyl (C=O) groups excluding carboxylic acids is 1. The van der Waals surface area contributed by atoms with Gasteiger partial charge in [0, 0.05) is 44.6 Å². The van der Waals surface area contributed by atoms with Gasteiger partial charge in [-0.2, -0.15) is 0 Å². The summed E-state index contributed by atoms with van der Waals surface area (Å²) in [7, 11) is 0. The van der Waals surface area contributed by atoms with Crippen LogP contribution in [0.5, 0.6) is 0 Å². The third kappa shape index (κ3) is 4.68. The molecule has 0 aromatic carbocycles. The SMILES string of the molecule is CCNc1ccncc1C(=O)NC(C)CN1CCOCC1. The molecule has 6 nitrogen and oxygen atoms in total. The normalized spacial score (nSPS) is 17.2. The lowest BCUT2D eigenvalue weighted by atomic mass is 10.2. The van der Waals surface area contributed by atoms with E-state index in [0.717, 1.165) is 45.1 Å². The third-order valence-electron chi connectivity index (χ3n) is 3.45. The van der Waals surface area contributed by atoms with Crippen molar-refractivity contribution in [3.63, 3.8) is 0 Å². The zero-order valence-corrected chi connectivity index (χ0v) is 12.8. The molecule has 1 atom stereocenters. The lowest BCUT2D eigenvalue weighted by molar-refractivity contribution is 0.0342. The highest BCUT2D eigenvalue weighted by atomic mass is 16.5. The van der Waals surface area contributed by atoms with Crippen molar-refractivity contribution < 1.29 is 9.53 Å². The van der Waals surface area contributed by atoms with Crippen molar-refractivity contribution >= 4 is 11.6 Å². The van der Waals surface area contributed by atoms with E-state index in [2.05, 4.69) is 20.5 Å². The Morgan fingerprint density at radius 1 is 1.48 bits per heavy atom. The van der Waals surface area contributed by atoms with Gasteiger partial charge in [-0.3, -0.25) is 14.7 Å². The summed E-state index contributed by atoms with van der Waals surface area (Å²) in [4.78, 5) is 18.7. The second kappa shape index (κ2) is 7.95. The molecule has 1 aromatic rings. The Bertz CT molecular complexity index is 461. The van der Waals surface area contributed by atoms with Crippen LogP contribution in [0.3, 0.4) is 0 Å². The van der Waals surface area contributed by atoms with Crippen molar-refractivity contribution in [3.05, 3.63) is 24.0 Å². The first-order valence-corrected chi connectivity index (χ1v) is 7.49. The number of anilines is 1. The number of hydrogen-bond acceptors (Lipinski definition) is 5. The number of rotatable bonds is 6. The summed E-state index contributed by atoms with van der Waals surface area (Å²) in [6, 6.07) is 1.91. The summed E-state index contributed by atoms with van der Waals surface area (Å²) in [5, 5.41) is 6.22. The Kier molecular flexibility index (Phi) is 5.95. The number of amides is 1. The van der Waals surface area contributed by atoms with E-state index in [9.17, 15) is 4.79 Å². The highest BCUT2D eigenvalue weighted by Crippen LogP contribution is 2.13. The molecule has 1 saturated heterocycles. The zero-order chi connectivity index (χ0) is 15.1. The van der Waals surface area contributed by atoms with E-state index in [1.165, 1.54) is 0 Å². The quantitative estimate of drug-likeness (QED) is 0.817. The van der Waals surface area contributed by atoms with Crippen LogP contribution in [0, 0.1) is 0 Å². The van der Waals surface area contributed by atoms with Gasteiger partial charge in [0.2, 0.25) is 0 Å². The predicted octanol–water partition coefficient (Wildman–Crippen LogP) is 0.964. The van der Waals surface area contributed by atoms with E-state index >= 15 is 0 Å². The summed E-state index contributed by atoms with van der Waals surface area (Å²) in [6.07, 6.45) is 3.29. The standard InChI is InChI=1S/C15H24N4O2/c1-3-17-14-4-5-16-10-13(14)15(20)18-12(2)11-19-6-8-21-9-7-19/h4-5,10,12H,3,6-9,11H2,1-2H3,(H,16,17)(H,18,20). The van der Waals surface area contributed by atoms with E-state index in [4.69, 9.17) is 4.74 Å². The molecule has 0 aliphatic carbocycles. The summed E-state index contributed by atoms with van der Waals surface area (Å²) < 4.78 is 5.33. The first-order chi connectivity index (χ1) is 10.2. The first kappa shape index (κ1) is 15.7. The largest absolute Gasteiger partial charge is 0.385 e. The van der Waals surface area contributed by atoms with Gasteiger partial charge in [-0.1, -0.05) is 0 Å². The van der Waals surface area contributed by atoms with Crippen LogP contribution in [0.15, 0.2) is 18.5 Å². The van der Waals surface area contributed by atoms with Gasteiger partial charge >= 0.3 is 0 Å². The van der Waals surface area contributed by atoms with Crippen LogP contribution in [0.2, 0.25) is 0 Å². The smallest absolute Gasteiger partial charge is 0.255 e. The fraction of sp³-hybridized carbons (Fsp3) is 0.600. The minimum absolute atomic E-state index is 0.0835. The molecular weight excluding hydrogens is 268 g/mol. The van der Waals surface area contributed by atoms with Gasteiger partial charge in [-0.25, -0.2) is 0 Å². The molecule has 0 bridgehead atoms. The number of morpholine rings is 1. The van der Waals surface area contributed by atoms with Crippen LogP contribution in [0.4, 0.5) is 5.69 Å². The summed E-state index contributed by atoms with van der Waals surface area (Å²) >= 11 is 0. The first-order valence-electron chi connectivity index (χ1n) is 7.49. The maximum absolute atomic E-state index is 12.4. The fourth-order valence-corrected chi connectivity index (χ4v) is 2.44. The van der Waals surface area contributed by atoms with Crippen molar-refractivity contribution in [3.8, 4) is 0 Å². The Hall–Kier alpha value is -1.66. The van der Waals surface area contributed by atoms with Crippen molar-refractivity contribution in [2.45, 2.75) is 19.9 Å². The molecule has 2 heterocycles. The molecular formula is C15H24N4O2. The molecule has 21 heavy (non-hydrogen) atoms. The van der Waals surface area contributed by atoms with Crippen LogP contribution < -0.4 is 10.6 Å². The summed E-state index contributed by atoms with van der Waals surface area (Å²) in [5.74, 6) is -0.0835. The topological polar surface area (TPSA) is 66.5 Å². The van der Waals surface area contributed by atoms with Crippen LogP contribution in [0.1, 0.15) is 24.2 Å². The number of hydrogen-bond donors (Lipinski definition) is 2. The van der Waals surface area contributed by atoms with Crippen LogP contribution in [-0.2, 0) is 4.74 Å². The molecule has 0 saturated carbocycles. The summed E-state index contributed by atoms with van der Waals surface area (Å²) in [5.41, 5.74) is 1.41. The van der Waals surface area contributed by atoms with Gasteiger partial charge in [-0.15, -0.1) is 0 Å². The zero-order valence-electron chi connectivity index (χ0n) is 12.8. The minimum Gasteiger partial charge on any atom is -0.385 e. The summed E-state index contributed by atoms with van der Waals surface area (Å²) in [6.45, 7) is 9.03. The molecule has 1 aliphatic rings. The molecule has 1 aliphatic heterocycles. The number of pyridine rings is 1. The highest BCUT2D eigenvalue weighted by molar-refractivity contribution is 5.99. The Balaban J connectivity index is 1.91. The second-order valence-corrected chi connectivity index (χ2v) is 5.24. The number of ether oxygens (including phenoxy) is 1. The van der Waals surface area contributed by atoms with Crippen LogP contribution in [-0.4, -0.2) is 61.2 Å². The molecule has 1 unspecified atom stereocenters. The Morgan fingerprint density at radius 3 is 2.95 bits per heavy atom. The third-order valence-corrected chi connectivity index (χ3v) is 3.45. The molecule has 1 amide bonds. The number of nitrogens with one attached hydrogen (secondary N) is 2. The second-order valence-electron chi connectivity index (χ2n) is 5.24.